The van der Waals surface area contributed by atoms with Crippen LogP contribution in [0.1, 0.15) is 23.7 Å². The number of nitrogens with zero attached hydrogens (tertiary/aromatic N) is 3. The van der Waals surface area contributed by atoms with Crippen LogP contribution in [-0.2, 0) is 14.3 Å². The molecule has 31 heavy (non-hydrogen) atoms. The molecule has 0 unspecified atom stereocenters. The van der Waals surface area contributed by atoms with Crippen LogP contribution in [0.4, 0.5) is 19.6 Å². The standard InChI is InChI=1S/C22H15F2N3O3S/c1-12-3-5-14(6-4-12)20-26-18(21(29)30-20)10-16-11-31-22(25-16)27(13(2)28)19-8-7-15(23)9-17(19)24/h3-11H,1-2H3. The first-order valence-electron chi connectivity index (χ1n) is 9.12. The van der Waals surface area contributed by atoms with Crippen LogP contribution < -0.4 is 4.90 Å². The van der Waals surface area contributed by atoms with Gasteiger partial charge in [0.1, 0.15) is 11.6 Å². The average molecular weight is 439 g/mol. The van der Waals surface area contributed by atoms with Gasteiger partial charge >= 0.3 is 5.97 Å². The molecule has 2 aromatic carbocycles. The summed E-state index contributed by atoms with van der Waals surface area (Å²) >= 11 is 1.07. The maximum absolute atomic E-state index is 14.2. The number of aliphatic imine (C=N–C) groups is 1. The first-order chi connectivity index (χ1) is 14.8. The van der Waals surface area contributed by atoms with E-state index in [0.29, 0.717) is 17.3 Å². The summed E-state index contributed by atoms with van der Waals surface area (Å²) in [7, 11) is 0. The van der Waals surface area contributed by atoms with Crippen LogP contribution in [0.2, 0.25) is 0 Å². The van der Waals surface area contributed by atoms with Crippen molar-refractivity contribution in [3.05, 3.63) is 82.0 Å². The van der Waals surface area contributed by atoms with Crippen molar-refractivity contribution in [3.63, 3.8) is 0 Å². The van der Waals surface area contributed by atoms with Gasteiger partial charge in [-0.2, -0.15) is 0 Å². The lowest BCUT2D eigenvalue weighted by atomic mass is 10.1. The van der Waals surface area contributed by atoms with Crippen LogP contribution in [-0.4, -0.2) is 22.8 Å². The third kappa shape index (κ3) is 4.26. The number of carbonyl (C=O) groups excluding carboxylic acids is 2. The highest BCUT2D eigenvalue weighted by molar-refractivity contribution is 7.14. The molecule has 1 aliphatic rings. The number of esters is 1. The molecule has 0 fully saturated rings. The Hall–Kier alpha value is -3.72. The predicted octanol–water partition coefficient (Wildman–Crippen LogP) is 4.76. The number of cyclic esters (lactones) is 1. The lowest BCUT2D eigenvalue weighted by Crippen LogP contribution is -2.23. The van der Waals surface area contributed by atoms with Gasteiger partial charge in [-0.1, -0.05) is 17.7 Å². The molecule has 0 saturated carbocycles. The maximum atomic E-state index is 14.2. The fourth-order valence-electron chi connectivity index (χ4n) is 2.88. The van der Waals surface area contributed by atoms with Crippen LogP contribution in [0.25, 0.3) is 6.08 Å². The van der Waals surface area contributed by atoms with Crippen molar-refractivity contribution in [2.45, 2.75) is 13.8 Å². The van der Waals surface area contributed by atoms with Gasteiger partial charge < -0.3 is 4.74 Å². The van der Waals surface area contributed by atoms with E-state index in [1.54, 1.807) is 17.5 Å². The molecular formula is C22H15F2N3O3S. The van der Waals surface area contributed by atoms with Crippen LogP contribution in [0.3, 0.4) is 0 Å². The third-order valence-electron chi connectivity index (χ3n) is 4.37. The highest BCUT2D eigenvalue weighted by Gasteiger charge is 2.25. The third-order valence-corrected chi connectivity index (χ3v) is 5.21. The zero-order valence-electron chi connectivity index (χ0n) is 16.4. The smallest absolute Gasteiger partial charge is 0.363 e. The number of thiazole rings is 1. The van der Waals surface area contributed by atoms with E-state index < -0.39 is 23.5 Å². The zero-order chi connectivity index (χ0) is 22.1. The van der Waals surface area contributed by atoms with Crippen LogP contribution in [0.15, 0.2) is 58.5 Å². The van der Waals surface area contributed by atoms with Gasteiger partial charge in [0.25, 0.3) is 0 Å². The molecule has 0 radical (unpaired) electrons. The van der Waals surface area contributed by atoms with Crippen LogP contribution in [0.5, 0.6) is 0 Å². The van der Waals surface area contributed by atoms with Crippen molar-refractivity contribution < 1.29 is 23.1 Å². The summed E-state index contributed by atoms with van der Waals surface area (Å²) in [6.45, 7) is 3.19. The van der Waals surface area contributed by atoms with E-state index in [4.69, 9.17) is 4.74 Å². The lowest BCUT2D eigenvalue weighted by molar-refractivity contribution is -0.130. The van der Waals surface area contributed by atoms with Gasteiger partial charge in [0.15, 0.2) is 10.8 Å². The van der Waals surface area contributed by atoms with Gasteiger partial charge in [0, 0.05) is 23.9 Å². The molecule has 0 N–H and O–H groups in total. The van der Waals surface area contributed by atoms with Gasteiger partial charge in [-0.25, -0.2) is 23.6 Å². The van der Waals surface area contributed by atoms with Crippen molar-refractivity contribution >= 4 is 46.0 Å². The summed E-state index contributed by atoms with van der Waals surface area (Å²) in [5.74, 6) is -2.59. The summed E-state index contributed by atoms with van der Waals surface area (Å²) < 4.78 is 32.7. The van der Waals surface area contributed by atoms with E-state index in [1.807, 2.05) is 19.1 Å². The molecule has 0 saturated heterocycles. The van der Waals surface area contributed by atoms with Crippen LogP contribution in [0, 0.1) is 18.6 Å². The minimum Gasteiger partial charge on any atom is -0.402 e. The van der Waals surface area contributed by atoms with Crippen molar-refractivity contribution in [1.82, 2.24) is 4.98 Å². The second-order valence-corrected chi connectivity index (χ2v) is 7.54. The minimum absolute atomic E-state index is 0.0507. The Labute approximate surface area is 180 Å². The topological polar surface area (TPSA) is 71.9 Å². The Kier molecular flexibility index (Phi) is 5.43. The summed E-state index contributed by atoms with van der Waals surface area (Å²) in [4.78, 5) is 33.9. The lowest BCUT2D eigenvalue weighted by Gasteiger charge is -2.18. The Morgan fingerprint density at radius 3 is 2.58 bits per heavy atom. The van der Waals surface area contributed by atoms with E-state index in [0.717, 1.165) is 33.9 Å². The fourth-order valence-corrected chi connectivity index (χ4v) is 3.72. The van der Waals surface area contributed by atoms with Crippen molar-refractivity contribution in [1.29, 1.82) is 0 Å². The first-order valence-corrected chi connectivity index (χ1v) is 10.0. The molecule has 0 bridgehead atoms. The molecule has 4 rings (SSSR count). The second-order valence-electron chi connectivity index (χ2n) is 6.71. The second kappa shape index (κ2) is 8.19. The maximum Gasteiger partial charge on any atom is 0.363 e. The van der Waals surface area contributed by atoms with E-state index in [-0.39, 0.29) is 22.4 Å². The number of rotatable bonds is 4. The Morgan fingerprint density at radius 1 is 1.16 bits per heavy atom. The molecule has 0 aliphatic carbocycles. The molecule has 3 aromatic rings. The monoisotopic (exact) mass is 439 g/mol. The number of hydrogen-bond acceptors (Lipinski definition) is 6. The number of ether oxygens (including phenoxy) is 1. The Morgan fingerprint density at radius 2 is 1.90 bits per heavy atom. The minimum atomic E-state index is -0.892. The number of hydrogen-bond donors (Lipinski definition) is 0. The largest absolute Gasteiger partial charge is 0.402 e. The summed E-state index contributed by atoms with van der Waals surface area (Å²) in [5, 5.41) is 1.76. The quantitative estimate of drug-likeness (QED) is 0.434. The molecule has 2 heterocycles. The zero-order valence-corrected chi connectivity index (χ0v) is 17.2. The normalized spacial score (nSPS) is 14.5. The SMILES string of the molecule is CC(=O)N(c1nc(C=C2N=C(c3ccc(C)cc3)OC2=O)cs1)c1ccc(F)cc1F. The Bertz CT molecular complexity index is 1250. The molecule has 0 atom stereocenters. The van der Waals surface area contributed by atoms with Crippen molar-refractivity contribution in [2.75, 3.05) is 4.90 Å². The molecule has 0 spiro atoms. The van der Waals surface area contributed by atoms with Gasteiger partial charge in [-0.05, 0) is 37.3 Å². The average Bonchev–Trinajstić information content (AvgIpc) is 3.31. The number of carbonyl (C=O) groups is 2. The van der Waals surface area contributed by atoms with E-state index >= 15 is 0 Å². The van der Waals surface area contributed by atoms with E-state index in [2.05, 4.69) is 9.98 Å². The number of aryl methyl sites for hydroxylation is 1. The number of benzene rings is 2. The van der Waals surface area contributed by atoms with Gasteiger partial charge in [0.2, 0.25) is 11.8 Å². The first kappa shape index (κ1) is 20.5. The molecule has 6 nitrogen and oxygen atoms in total. The van der Waals surface area contributed by atoms with Crippen LogP contribution >= 0.6 is 11.3 Å². The summed E-state index contributed by atoms with van der Waals surface area (Å²) in [6, 6.07) is 10.3. The van der Waals surface area contributed by atoms with Gasteiger partial charge in [-0.3, -0.25) is 9.69 Å². The Balaban J connectivity index is 1.64. The van der Waals surface area contributed by atoms with Gasteiger partial charge in [-0.15, -0.1) is 11.3 Å². The summed E-state index contributed by atoms with van der Waals surface area (Å²) in [6.07, 6.45) is 1.42. The number of amides is 1. The van der Waals surface area contributed by atoms with Crippen molar-refractivity contribution in [2.24, 2.45) is 4.99 Å². The molecular weight excluding hydrogens is 424 g/mol. The van der Waals surface area contributed by atoms with E-state index in [9.17, 15) is 18.4 Å². The molecule has 9 heteroatoms. The van der Waals surface area contributed by atoms with Gasteiger partial charge in [0.05, 0.1) is 11.4 Å². The molecule has 1 aliphatic heterocycles. The molecule has 156 valence electrons. The highest BCUT2D eigenvalue weighted by Crippen LogP contribution is 2.32. The van der Waals surface area contributed by atoms with Crippen molar-refractivity contribution in [3.8, 4) is 0 Å². The number of halogens is 2. The predicted molar refractivity (Wildman–Crippen MR) is 113 cm³/mol. The molecule has 1 aromatic heterocycles. The number of aromatic nitrogens is 1. The van der Waals surface area contributed by atoms with E-state index in [1.165, 1.54) is 13.0 Å². The summed E-state index contributed by atoms with van der Waals surface area (Å²) in [5.41, 5.74) is 2.00. The highest BCUT2D eigenvalue weighted by atomic mass is 32.1. The molecule has 1 amide bonds. The number of anilines is 2. The fraction of sp³-hybridized carbons (Fsp3) is 0.0909.